The minimum Gasteiger partial charge on any atom is -0.135 e. The third kappa shape index (κ3) is 2.99. The van der Waals surface area contributed by atoms with Crippen LogP contribution in [-0.2, 0) is 0 Å². The Hall–Kier alpha value is -2.98. The van der Waals surface area contributed by atoms with E-state index in [4.69, 9.17) is 0 Å². The highest BCUT2D eigenvalue weighted by Crippen LogP contribution is 2.49. The predicted molar refractivity (Wildman–Crippen MR) is 171 cm³/mol. The molecule has 8 aromatic rings. The summed E-state index contributed by atoms with van der Waals surface area (Å²) < 4.78 is 4.93. The van der Waals surface area contributed by atoms with Gasteiger partial charge in [0.1, 0.15) is 0 Å². The van der Waals surface area contributed by atoms with Crippen molar-refractivity contribution >= 4 is 106 Å². The van der Waals surface area contributed by atoms with E-state index in [2.05, 4.69) is 131 Å². The van der Waals surface area contributed by atoms with E-state index in [1.54, 1.807) is 0 Å². The number of fused-ring (bicyclic) bond motifs is 6. The third-order valence-electron chi connectivity index (χ3n) is 7.95. The Morgan fingerprint density at radius 2 is 1.14 bits per heavy atom. The van der Waals surface area contributed by atoms with Crippen LogP contribution < -0.4 is 0 Å². The molecule has 1 aromatic heterocycles. The minimum absolute atomic E-state index is 1.12. The molecule has 0 aliphatic heterocycles. The zero-order chi connectivity index (χ0) is 25.0. The van der Waals surface area contributed by atoms with Crippen molar-refractivity contribution in [3.8, 4) is 11.1 Å². The fourth-order valence-corrected chi connectivity index (χ4v) is 8.68. The van der Waals surface area contributed by atoms with Gasteiger partial charge in [-0.15, -0.1) is 11.3 Å². The largest absolute Gasteiger partial charge is 0.135 e. The molecule has 0 fully saturated rings. The van der Waals surface area contributed by atoms with Gasteiger partial charge in [0.05, 0.1) is 0 Å². The van der Waals surface area contributed by atoms with Crippen molar-refractivity contribution in [2.75, 3.05) is 0 Å². The highest BCUT2D eigenvalue weighted by molar-refractivity contribution is 9.10. The van der Waals surface area contributed by atoms with Crippen molar-refractivity contribution in [1.29, 1.82) is 0 Å². The second kappa shape index (κ2) is 7.77. The molecule has 0 saturated heterocycles. The van der Waals surface area contributed by atoms with E-state index < -0.39 is 0 Å². The van der Waals surface area contributed by atoms with Crippen molar-refractivity contribution in [1.82, 2.24) is 0 Å². The van der Waals surface area contributed by atoms with Crippen molar-refractivity contribution in [2.24, 2.45) is 0 Å². The zero-order valence-corrected chi connectivity index (χ0v) is 24.2. The molecule has 0 atom stereocenters. The van der Waals surface area contributed by atoms with E-state index in [9.17, 15) is 0 Å². The Balaban J connectivity index is 1.62. The lowest BCUT2D eigenvalue weighted by Gasteiger charge is -2.20. The summed E-state index contributed by atoms with van der Waals surface area (Å²) in [5, 5.41) is 13.5. The Morgan fingerprint density at radius 1 is 0.486 bits per heavy atom. The van der Waals surface area contributed by atoms with Gasteiger partial charge in [-0.1, -0.05) is 86.5 Å². The van der Waals surface area contributed by atoms with Crippen molar-refractivity contribution in [3.63, 3.8) is 0 Å². The van der Waals surface area contributed by atoms with E-state index in [0.29, 0.717) is 0 Å². The summed E-state index contributed by atoms with van der Waals surface area (Å²) in [6.07, 6.45) is 0. The highest BCUT2D eigenvalue weighted by Gasteiger charge is 2.20. The first-order chi connectivity index (χ1) is 18.0. The second-order valence-corrected chi connectivity index (χ2v) is 13.0. The van der Waals surface area contributed by atoms with Gasteiger partial charge in [0.15, 0.2) is 0 Å². The first kappa shape index (κ1) is 22.0. The van der Waals surface area contributed by atoms with Crippen LogP contribution in [-0.4, -0.2) is 0 Å². The molecule has 1 heterocycles. The molecule has 0 amide bonds. The minimum atomic E-state index is 1.12. The van der Waals surface area contributed by atoms with Gasteiger partial charge in [0.2, 0.25) is 0 Å². The lowest BCUT2D eigenvalue weighted by molar-refractivity contribution is 1.42. The summed E-state index contributed by atoms with van der Waals surface area (Å²) in [7, 11) is 0. The number of rotatable bonds is 1. The van der Waals surface area contributed by atoms with Crippen LogP contribution in [0.4, 0.5) is 0 Å². The molecule has 0 spiro atoms. The van der Waals surface area contributed by atoms with Crippen LogP contribution in [0.2, 0.25) is 0 Å². The van der Waals surface area contributed by atoms with E-state index in [0.717, 1.165) is 8.95 Å². The van der Waals surface area contributed by atoms with Gasteiger partial charge in [0.25, 0.3) is 0 Å². The monoisotopic (exact) mass is 618 g/mol. The summed E-state index contributed by atoms with van der Waals surface area (Å²) in [6, 6.07) is 31.9. The van der Waals surface area contributed by atoms with Gasteiger partial charge >= 0.3 is 0 Å². The van der Waals surface area contributed by atoms with E-state index in [-0.39, 0.29) is 0 Å². The van der Waals surface area contributed by atoms with Crippen LogP contribution >= 0.6 is 43.2 Å². The Labute approximate surface area is 235 Å². The summed E-state index contributed by atoms with van der Waals surface area (Å²) in [4.78, 5) is 0. The maximum Gasteiger partial charge on any atom is 0.0368 e. The van der Waals surface area contributed by atoms with E-state index >= 15 is 0 Å². The molecule has 0 nitrogen and oxygen atoms in total. The number of thiophene rings is 1. The van der Waals surface area contributed by atoms with E-state index in [1.807, 2.05) is 11.3 Å². The molecule has 0 aliphatic rings. The maximum absolute atomic E-state index is 3.68. The molecular weight excluding hydrogens is 600 g/mol. The molecule has 176 valence electrons. The quantitative estimate of drug-likeness (QED) is 0.127. The third-order valence-corrected chi connectivity index (χ3v) is 10.0. The van der Waals surface area contributed by atoms with Crippen LogP contribution in [0.1, 0.15) is 11.1 Å². The normalized spacial score (nSPS) is 12.3. The topological polar surface area (TPSA) is 0 Å². The molecule has 0 radical (unpaired) electrons. The molecule has 37 heavy (non-hydrogen) atoms. The Kier molecular flexibility index (Phi) is 4.63. The fourth-order valence-electron chi connectivity index (χ4n) is 6.49. The van der Waals surface area contributed by atoms with Gasteiger partial charge in [-0.25, -0.2) is 0 Å². The summed E-state index contributed by atoms with van der Waals surface area (Å²) in [5.41, 5.74) is 5.25. The number of hydrogen-bond acceptors (Lipinski definition) is 1. The lowest BCUT2D eigenvalue weighted by Crippen LogP contribution is -1.93. The Bertz CT molecular complexity index is 2240. The Morgan fingerprint density at radius 3 is 1.92 bits per heavy atom. The molecule has 0 unspecified atom stereocenters. The predicted octanol–water partition coefficient (Wildman–Crippen LogP) is 11.9. The van der Waals surface area contributed by atoms with Crippen molar-refractivity contribution in [3.05, 3.63) is 105 Å². The zero-order valence-electron chi connectivity index (χ0n) is 20.2. The number of halogens is 2. The standard InChI is InChI=1S/C34H20Br2S/c1-17-13-19(35)9-11-21(17)31-18(2)14-27-28-16-30-34(24-12-10-20(36)15-29(24)37-30)26-8-4-6-23(33(26)28)22-5-3-7-25(31)32(22)27/h3-16H,1-2H3. The smallest absolute Gasteiger partial charge is 0.0368 e. The van der Waals surface area contributed by atoms with Crippen LogP contribution in [0.3, 0.4) is 0 Å². The molecule has 0 N–H and O–H groups in total. The van der Waals surface area contributed by atoms with Gasteiger partial charge in [-0.2, -0.15) is 0 Å². The maximum atomic E-state index is 3.68. The SMILES string of the molecule is Cc1cc(Br)ccc1-c1c(C)cc2c3cc4sc5cc(Br)ccc5c4c4cccc(c5cccc1c52)c34. The van der Waals surface area contributed by atoms with E-state index in [1.165, 1.54) is 85.5 Å². The summed E-state index contributed by atoms with van der Waals surface area (Å²) in [5.74, 6) is 0. The van der Waals surface area contributed by atoms with Crippen LogP contribution in [0.5, 0.6) is 0 Å². The average Bonchev–Trinajstić information content (AvgIpc) is 3.25. The molecule has 0 aliphatic carbocycles. The number of hydrogen-bond donors (Lipinski definition) is 0. The van der Waals surface area contributed by atoms with Gasteiger partial charge < -0.3 is 0 Å². The molecule has 0 saturated carbocycles. The molecule has 3 heteroatoms. The first-order valence-corrected chi connectivity index (χ1v) is 14.8. The summed E-state index contributed by atoms with van der Waals surface area (Å²) in [6.45, 7) is 4.48. The first-order valence-electron chi connectivity index (χ1n) is 12.4. The van der Waals surface area contributed by atoms with Gasteiger partial charge in [-0.3, -0.25) is 0 Å². The highest BCUT2D eigenvalue weighted by atomic mass is 79.9. The average molecular weight is 620 g/mol. The van der Waals surface area contributed by atoms with Crippen molar-refractivity contribution in [2.45, 2.75) is 13.8 Å². The molecule has 0 bridgehead atoms. The molecule has 8 rings (SSSR count). The fraction of sp³-hybridized carbons (Fsp3) is 0.0588. The van der Waals surface area contributed by atoms with Crippen LogP contribution in [0, 0.1) is 13.8 Å². The summed E-state index contributed by atoms with van der Waals surface area (Å²) >= 11 is 9.22. The number of aryl methyl sites for hydroxylation is 2. The lowest BCUT2D eigenvalue weighted by atomic mass is 9.84. The van der Waals surface area contributed by atoms with Crippen molar-refractivity contribution < 1.29 is 0 Å². The van der Waals surface area contributed by atoms with Gasteiger partial charge in [-0.05, 0) is 110 Å². The van der Waals surface area contributed by atoms with Crippen LogP contribution in [0.15, 0.2) is 93.9 Å². The second-order valence-electron chi connectivity index (χ2n) is 10.1. The number of benzene rings is 7. The van der Waals surface area contributed by atoms with Gasteiger partial charge in [0, 0.05) is 29.1 Å². The molecular formula is C34H20Br2S. The van der Waals surface area contributed by atoms with Crippen LogP contribution in [0.25, 0.3) is 74.4 Å². The molecule has 7 aromatic carbocycles.